The van der Waals surface area contributed by atoms with E-state index in [-0.39, 0.29) is 0 Å². The molecule has 2 rings (SSSR count). The van der Waals surface area contributed by atoms with Gasteiger partial charge in [0.2, 0.25) is 8.32 Å². The third-order valence-electron chi connectivity index (χ3n) is 2.29. The van der Waals surface area contributed by atoms with Gasteiger partial charge in [-0.25, -0.2) is 0 Å². The minimum absolute atomic E-state index is 0.595. The summed E-state index contributed by atoms with van der Waals surface area (Å²) in [5, 5.41) is 0. The molecular formula is C13H18O3Si. The monoisotopic (exact) mass is 250 g/mol. The van der Waals surface area contributed by atoms with Crippen LogP contribution in [0.4, 0.5) is 0 Å². The van der Waals surface area contributed by atoms with Crippen LogP contribution in [0.25, 0.3) is 5.76 Å². The molecule has 1 aromatic carbocycles. The van der Waals surface area contributed by atoms with Crippen molar-refractivity contribution in [2.45, 2.75) is 19.6 Å². The van der Waals surface area contributed by atoms with Gasteiger partial charge in [0.1, 0.15) is 19.0 Å². The first-order valence-electron chi connectivity index (χ1n) is 5.74. The molecular weight excluding hydrogens is 232 g/mol. The van der Waals surface area contributed by atoms with Crippen molar-refractivity contribution >= 4 is 14.1 Å². The van der Waals surface area contributed by atoms with E-state index in [1.807, 2.05) is 18.2 Å². The summed E-state index contributed by atoms with van der Waals surface area (Å²) in [5.41, 5.74) is 0.955. The van der Waals surface area contributed by atoms with Gasteiger partial charge in [-0.15, -0.1) is 0 Å². The van der Waals surface area contributed by atoms with E-state index in [1.54, 1.807) is 0 Å². The summed E-state index contributed by atoms with van der Waals surface area (Å²) < 4.78 is 16.9. The Morgan fingerprint density at radius 3 is 2.47 bits per heavy atom. The summed E-state index contributed by atoms with van der Waals surface area (Å²) in [4.78, 5) is 0. The Morgan fingerprint density at radius 1 is 1.18 bits per heavy atom. The fourth-order valence-corrected chi connectivity index (χ4v) is 2.50. The van der Waals surface area contributed by atoms with Crippen molar-refractivity contribution in [2.75, 3.05) is 13.2 Å². The lowest BCUT2D eigenvalue weighted by Gasteiger charge is -2.23. The second-order valence-electron chi connectivity index (χ2n) is 5.00. The van der Waals surface area contributed by atoms with Crippen LogP contribution in [0.2, 0.25) is 19.6 Å². The molecule has 3 nitrogen and oxygen atoms in total. The summed E-state index contributed by atoms with van der Waals surface area (Å²) in [6.07, 6.45) is 0. The highest BCUT2D eigenvalue weighted by molar-refractivity contribution is 6.70. The van der Waals surface area contributed by atoms with Crippen LogP contribution < -0.4 is 9.47 Å². The van der Waals surface area contributed by atoms with Crippen LogP contribution in [0.1, 0.15) is 5.56 Å². The first kappa shape index (κ1) is 12.0. The highest BCUT2D eigenvalue weighted by atomic mass is 28.4. The van der Waals surface area contributed by atoms with Crippen LogP contribution in [0, 0.1) is 0 Å². The fraction of sp³-hybridized carbons (Fsp3) is 0.385. The van der Waals surface area contributed by atoms with Gasteiger partial charge in [-0.3, -0.25) is 0 Å². The van der Waals surface area contributed by atoms with Gasteiger partial charge in [0.25, 0.3) is 0 Å². The molecule has 1 aromatic rings. The molecule has 0 aromatic heterocycles. The molecule has 0 N–H and O–H groups in total. The third kappa shape index (κ3) is 3.03. The molecule has 17 heavy (non-hydrogen) atoms. The van der Waals surface area contributed by atoms with Gasteiger partial charge >= 0.3 is 0 Å². The molecule has 0 unspecified atom stereocenters. The Hall–Kier alpha value is -1.42. The molecule has 0 aliphatic carbocycles. The molecule has 0 bridgehead atoms. The summed E-state index contributed by atoms with van der Waals surface area (Å²) in [7, 11) is -1.61. The van der Waals surface area contributed by atoms with Gasteiger partial charge in [-0.2, -0.15) is 0 Å². The molecule has 0 amide bonds. The van der Waals surface area contributed by atoms with Crippen molar-refractivity contribution in [3.63, 3.8) is 0 Å². The lowest BCUT2D eigenvalue weighted by atomic mass is 10.2. The standard InChI is InChI=1S/C13H18O3Si/c1-10(16-17(2,3)4)11-5-6-12-13(9-11)15-8-7-14-12/h5-6,9H,1,7-8H2,2-4H3. The van der Waals surface area contributed by atoms with E-state index in [1.165, 1.54) is 0 Å². The van der Waals surface area contributed by atoms with Crippen molar-refractivity contribution in [3.05, 3.63) is 30.3 Å². The quantitative estimate of drug-likeness (QED) is 0.608. The summed E-state index contributed by atoms with van der Waals surface area (Å²) in [5.74, 6) is 2.27. The normalized spacial score (nSPS) is 14.3. The molecule has 1 aliphatic rings. The van der Waals surface area contributed by atoms with Crippen LogP contribution in [-0.4, -0.2) is 21.5 Å². The van der Waals surface area contributed by atoms with E-state index in [0.29, 0.717) is 19.0 Å². The predicted molar refractivity (Wildman–Crippen MR) is 70.9 cm³/mol. The first-order valence-corrected chi connectivity index (χ1v) is 9.14. The van der Waals surface area contributed by atoms with Crippen LogP contribution in [0.15, 0.2) is 24.8 Å². The summed E-state index contributed by atoms with van der Waals surface area (Å²) in [6.45, 7) is 11.6. The second kappa shape index (κ2) is 4.45. The number of ether oxygens (including phenoxy) is 2. The number of rotatable bonds is 3. The van der Waals surface area contributed by atoms with E-state index < -0.39 is 8.32 Å². The number of fused-ring (bicyclic) bond motifs is 1. The molecule has 0 radical (unpaired) electrons. The average molecular weight is 250 g/mol. The summed E-state index contributed by atoms with van der Waals surface area (Å²) in [6, 6.07) is 5.79. The average Bonchev–Trinajstić information content (AvgIpc) is 2.26. The van der Waals surface area contributed by atoms with Crippen molar-refractivity contribution in [2.24, 2.45) is 0 Å². The zero-order chi connectivity index (χ0) is 12.5. The van der Waals surface area contributed by atoms with Gasteiger partial charge in [0.05, 0.1) is 0 Å². The van der Waals surface area contributed by atoms with Gasteiger partial charge in [-0.1, -0.05) is 6.58 Å². The molecule has 1 heterocycles. The SMILES string of the molecule is C=C(O[Si](C)(C)C)c1ccc2c(c1)OCCO2. The molecule has 0 saturated carbocycles. The Labute approximate surface area is 103 Å². The van der Waals surface area contributed by atoms with E-state index in [0.717, 1.165) is 17.1 Å². The molecule has 1 aliphatic heterocycles. The summed E-state index contributed by atoms with van der Waals surface area (Å²) >= 11 is 0. The minimum atomic E-state index is -1.61. The largest absolute Gasteiger partial charge is 0.544 e. The smallest absolute Gasteiger partial charge is 0.242 e. The van der Waals surface area contributed by atoms with Crippen molar-refractivity contribution < 1.29 is 13.9 Å². The molecule has 0 saturated heterocycles. The van der Waals surface area contributed by atoms with Crippen molar-refractivity contribution in [3.8, 4) is 11.5 Å². The maximum absolute atomic E-state index is 5.86. The maximum Gasteiger partial charge on any atom is 0.242 e. The third-order valence-corrected chi connectivity index (χ3v) is 3.15. The first-order chi connectivity index (χ1) is 7.96. The Balaban J connectivity index is 2.19. The predicted octanol–water partition coefficient (Wildman–Crippen LogP) is 3.28. The van der Waals surface area contributed by atoms with E-state index in [2.05, 4.69) is 26.2 Å². The lowest BCUT2D eigenvalue weighted by Crippen LogP contribution is -2.24. The van der Waals surface area contributed by atoms with Crippen LogP contribution >= 0.6 is 0 Å². The zero-order valence-electron chi connectivity index (χ0n) is 10.6. The Morgan fingerprint density at radius 2 is 1.82 bits per heavy atom. The van der Waals surface area contributed by atoms with Gasteiger partial charge < -0.3 is 13.9 Å². The minimum Gasteiger partial charge on any atom is -0.544 e. The van der Waals surface area contributed by atoms with E-state index >= 15 is 0 Å². The molecule has 0 atom stereocenters. The van der Waals surface area contributed by atoms with Crippen LogP contribution in [0.5, 0.6) is 11.5 Å². The highest BCUT2D eigenvalue weighted by Gasteiger charge is 2.19. The van der Waals surface area contributed by atoms with Gasteiger partial charge in [0.15, 0.2) is 11.5 Å². The number of hydrogen-bond acceptors (Lipinski definition) is 3. The van der Waals surface area contributed by atoms with Gasteiger partial charge in [0, 0.05) is 5.56 Å². The Kier molecular flexibility index (Phi) is 3.15. The molecule has 4 heteroatoms. The Bertz CT molecular complexity index is 435. The highest BCUT2D eigenvalue weighted by Crippen LogP contribution is 2.33. The fourth-order valence-electron chi connectivity index (χ4n) is 1.65. The van der Waals surface area contributed by atoms with Crippen molar-refractivity contribution in [1.29, 1.82) is 0 Å². The molecule has 0 fully saturated rings. The molecule has 92 valence electrons. The molecule has 0 spiro atoms. The number of hydrogen-bond donors (Lipinski definition) is 0. The topological polar surface area (TPSA) is 27.7 Å². The van der Waals surface area contributed by atoms with E-state index in [4.69, 9.17) is 13.9 Å². The van der Waals surface area contributed by atoms with Crippen molar-refractivity contribution in [1.82, 2.24) is 0 Å². The van der Waals surface area contributed by atoms with Crippen LogP contribution in [0.3, 0.4) is 0 Å². The van der Waals surface area contributed by atoms with E-state index in [9.17, 15) is 0 Å². The number of benzene rings is 1. The second-order valence-corrected chi connectivity index (χ2v) is 9.42. The van der Waals surface area contributed by atoms with Crippen LogP contribution in [-0.2, 0) is 4.43 Å². The van der Waals surface area contributed by atoms with Gasteiger partial charge in [-0.05, 0) is 37.8 Å². The lowest BCUT2D eigenvalue weighted by molar-refractivity contribution is 0.171. The maximum atomic E-state index is 5.86. The zero-order valence-corrected chi connectivity index (χ0v) is 11.6.